The number of hydrogen-bond acceptors (Lipinski definition) is 4. The summed E-state index contributed by atoms with van der Waals surface area (Å²) < 4.78 is 18.9. The van der Waals surface area contributed by atoms with Crippen LogP contribution in [0.4, 0.5) is 10.1 Å². The Hall–Kier alpha value is -2.60. The normalized spacial score (nSPS) is 11.5. The summed E-state index contributed by atoms with van der Waals surface area (Å²) in [5.74, 6) is -1.62. The summed E-state index contributed by atoms with van der Waals surface area (Å²) in [7, 11) is 1.83. The molecule has 0 aliphatic heterocycles. The van der Waals surface area contributed by atoms with Crippen molar-refractivity contribution < 1.29 is 18.7 Å². The van der Waals surface area contributed by atoms with Gasteiger partial charge in [0.1, 0.15) is 11.9 Å². The molecule has 1 N–H and O–H groups in total. The molecule has 0 aliphatic rings. The molecule has 0 saturated heterocycles. The zero-order valence-corrected chi connectivity index (χ0v) is 15.3. The van der Waals surface area contributed by atoms with E-state index in [1.165, 1.54) is 25.1 Å². The van der Waals surface area contributed by atoms with Crippen LogP contribution in [-0.4, -0.2) is 38.1 Å². The maximum absolute atomic E-state index is 13.7. The van der Waals surface area contributed by atoms with E-state index < -0.39 is 23.8 Å². The summed E-state index contributed by atoms with van der Waals surface area (Å²) in [6.07, 6.45) is -0.594. The van der Waals surface area contributed by atoms with Gasteiger partial charge in [-0.2, -0.15) is 0 Å². The van der Waals surface area contributed by atoms with Crippen molar-refractivity contribution in [1.29, 1.82) is 0 Å². The van der Waals surface area contributed by atoms with Gasteiger partial charge in [0.25, 0.3) is 5.91 Å². The molecule has 0 bridgehead atoms. The minimum absolute atomic E-state index is 0.0554. The van der Waals surface area contributed by atoms with Gasteiger partial charge in [0, 0.05) is 24.7 Å². The topological polar surface area (TPSA) is 58.6 Å². The van der Waals surface area contributed by atoms with Crippen molar-refractivity contribution >= 4 is 29.2 Å². The number of nitrogens with zero attached hydrogens (tertiary/aromatic N) is 1. The second kappa shape index (κ2) is 9.20. The number of esters is 1. The Kier molecular flexibility index (Phi) is 6.97. The van der Waals surface area contributed by atoms with Crippen LogP contribution < -0.4 is 10.2 Å². The molecule has 0 radical (unpaired) electrons. The summed E-state index contributed by atoms with van der Waals surface area (Å²) in [6, 6.07) is 12.9. The van der Waals surface area contributed by atoms with Gasteiger partial charge >= 0.3 is 5.97 Å². The second-order valence-electron chi connectivity index (χ2n) is 5.78. The molecule has 7 heteroatoms. The number of halogens is 2. The minimum atomic E-state index is -0.604. The average Bonchev–Trinajstić information content (AvgIpc) is 2.60. The maximum Gasteiger partial charge on any atom is 0.303 e. The van der Waals surface area contributed by atoms with Crippen molar-refractivity contribution in [2.24, 2.45) is 0 Å². The van der Waals surface area contributed by atoms with Crippen LogP contribution in [0.25, 0.3) is 0 Å². The highest BCUT2D eigenvalue weighted by atomic mass is 35.5. The molecule has 0 aromatic heterocycles. The molecule has 0 fully saturated rings. The monoisotopic (exact) mass is 378 g/mol. The van der Waals surface area contributed by atoms with Crippen LogP contribution in [-0.2, 0) is 9.53 Å². The molecule has 0 heterocycles. The molecular formula is C19H20ClFN2O3. The third-order valence-electron chi connectivity index (χ3n) is 3.69. The smallest absolute Gasteiger partial charge is 0.303 e. The highest BCUT2D eigenvalue weighted by molar-refractivity contribution is 6.30. The maximum atomic E-state index is 13.7. The van der Waals surface area contributed by atoms with Gasteiger partial charge in [0.2, 0.25) is 0 Å². The lowest BCUT2D eigenvalue weighted by Crippen LogP contribution is -2.41. The van der Waals surface area contributed by atoms with Crippen LogP contribution in [0.2, 0.25) is 5.02 Å². The van der Waals surface area contributed by atoms with Crippen LogP contribution in [0.1, 0.15) is 17.3 Å². The van der Waals surface area contributed by atoms with E-state index in [0.29, 0.717) is 11.6 Å². The number of carbonyl (C=O) groups excluding carboxylic acids is 2. The molecule has 0 saturated carbocycles. The Morgan fingerprint density at radius 1 is 1.19 bits per heavy atom. The van der Waals surface area contributed by atoms with E-state index in [2.05, 4.69) is 5.32 Å². The number of amides is 1. The molecule has 2 aromatic carbocycles. The van der Waals surface area contributed by atoms with Crippen molar-refractivity contribution in [3.63, 3.8) is 0 Å². The largest absolute Gasteiger partial charge is 0.459 e. The van der Waals surface area contributed by atoms with Gasteiger partial charge in [-0.3, -0.25) is 9.59 Å². The van der Waals surface area contributed by atoms with Crippen molar-refractivity contribution in [3.05, 3.63) is 64.9 Å². The summed E-state index contributed by atoms with van der Waals surface area (Å²) in [5.41, 5.74) is 0.826. The fraction of sp³-hybridized carbons (Fsp3) is 0.263. The van der Waals surface area contributed by atoms with E-state index >= 15 is 0 Å². The Balaban J connectivity index is 2.00. The summed E-state index contributed by atoms with van der Waals surface area (Å²) in [4.78, 5) is 25.4. The van der Waals surface area contributed by atoms with E-state index in [-0.39, 0.29) is 12.1 Å². The summed E-state index contributed by atoms with van der Waals surface area (Å²) >= 11 is 5.88. The van der Waals surface area contributed by atoms with Crippen molar-refractivity contribution in [1.82, 2.24) is 5.32 Å². The molecule has 138 valence electrons. The third-order valence-corrected chi connectivity index (χ3v) is 3.94. The van der Waals surface area contributed by atoms with Gasteiger partial charge in [-0.15, -0.1) is 0 Å². The molecule has 1 atom stereocenters. The summed E-state index contributed by atoms with van der Waals surface area (Å²) in [6.45, 7) is 1.71. The number of benzene rings is 2. The third kappa shape index (κ3) is 5.74. The van der Waals surface area contributed by atoms with Crippen molar-refractivity contribution in [2.75, 3.05) is 25.0 Å². The van der Waals surface area contributed by atoms with Crippen molar-refractivity contribution in [2.45, 2.75) is 13.0 Å². The van der Waals surface area contributed by atoms with Gasteiger partial charge in [-0.25, -0.2) is 4.39 Å². The number of likely N-dealkylation sites (N-methyl/N-ethyl adjacent to an activating group) is 1. The lowest BCUT2D eigenvalue weighted by molar-refractivity contribution is -0.145. The Morgan fingerprint density at radius 2 is 1.85 bits per heavy atom. The van der Waals surface area contributed by atoms with Gasteiger partial charge in [0.05, 0.1) is 18.7 Å². The quantitative estimate of drug-likeness (QED) is 0.751. The van der Waals surface area contributed by atoms with E-state index in [4.69, 9.17) is 16.3 Å². The Labute approximate surface area is 156 Å². The van der Waals surface area contributed by atoms with Crippen LogP contribution in [0.3, 0.4) is 0 Å². The minimum Gasteiger partial charge on any atom is -0.459 e. The number of ether oxygens (including phenoxy) is 1. The number of hydrogen-bond donors (Lipinski definition) is 1. The Bertz CT molecular complexity index is 768. The average molecular weight is 379 g/mol. The lowest BCUT2D eigenvalue weighted by Gasteiger charge is -2.26. The molecule has 2 rings (SSSR count). The first kappa shape index (κ1) is 19.7. The first-order valence-electron chi connectivity index (χ1n) is 8.03. The Morgan fingerprint density at radius 3 is 2.46 bits per heavy atom. The number of nitrogens with one attached hydrogen (secondary N) is 1. The zero-order valence-electron chi connectivity index (χ0n) is 14.5. The predicted octanol–water partition coefficient (Wildman–Crippen LogP) is 3.28. The molecule has 2 aromatic rings. The van der Waals surface area contributed by atoms with Gasteiger partial charge in [-0.1, -0.05) is 23.7 Å². The van der Waals surface area contributed by atoms with E-state index in [9.17, 15) is 14.0 Å². The zero-order chi connectivity index (χ0) is 19.1. The van der Waals surface area contributed by atoms with E-state index in [1.54, 1.807) is 18.2 Å². The highest BCUT2D eigenvalue weighted by Crippen LogP contribution is 2.17. The summed E-state index contributed by atoms with van der Waals surface area (Å²) in [5, 5.41) is 3.23. The SMILES string of the molecule is CC(=O)OC(CNC(=O)c1ccccc1F)CN(C)c1ccc(Cl)cc1. The fourth-order valence-corrected chi connectivity index (χ4v) is 2.56. The van der Waals surface area contributed by atoms with Crippen LogP contribution in [0.5, 0.6) is 0 Å². The second-order valence-corrected chi connectivity index (χ2v) is 6.21. The van der Waals surface area contributed by atoms with Gasteiger partial charge < -0.3 is 15.0 Å². The molecule has 26 heavy (non-hydrogen) atoms. The van der Waals surface area contributed by atoms with Gasteiger partial charge in [0.15, 0.2) is 0 Å². The highest BCUT2D eigenvalue weighted by Gasteiger charge is 2.18. The number of carbonyl (C=O) groups is 2. The number of rotatable bonds is 7. The van der Waals surface area contributed by atoms with Crippen LogP contribution >= 0.6 is 11.6 Å². The van der Waals surface area contributed by atoms with Crippen LogP contribution in [0.15, 0.2) is 48.5 Å². The molecule has 1 amide bonds. The van der Waals surface area contributed by atoms with E-state index in [0.717, 1.165) is 5.69 Å². The molecule has 5 nitrogen and oxygen atoms in total. The lowest BCUT2D eigenvalue weighted by atomic mass is 10.2. The molecular weight excluding hydrogens is 359 g/mol. The molecule has 1 unspecified atom stereocenters. The predicted molar refractivity (Wildman–Crippen MR) is 99.0 cm³/mol. The van der Waals surface area contributed by atoms with Crippen molar-refractivity contribution in [3.8, 4) is 0 Å². The van der Waals surface area contributed by atoms with E-state index in [1.807, 2.05) is 24.1 Å². The standard InChI is InChI=1S/C19H20ClFN2O3/c1-13(24)26-16(12-23(2)15-9-7-14(20)8-10-15)11-22-19(25)17-5-3-4-6-18(17)21/h3-10,16H,11-12H2,1-2H3,(H,22,25). The first-order valence-corrected chi connectivity index (χ1v) is 8.41. The van der Waals surface area contributed by atoms with Gasteiger partial charge in [-0.05, 0) is 36.4 Å². The van der Waals surface area contributed by atoms with Crippen LogP contribution in [0, 0.1) is 5.82 Å². The molecule has 0 spiro atoms. The molecule has 0 aliphatic carbocycles. The number of anilines is 1. The first-order chi connectivity index (χ1) is 12.4. The fourth-order valence-electron chi connectivity index (χ4n) is 2.43.